The van der Waals surface area contributed by atoms with Gasteiger partial charge in [-0.05, 0) is 56.3 Å². The topological polar surface area (TPSA) is 85.3 Å². The molecule has 2 rings (SSSR count). The lowest BCUT2D eigenvalue weighted by molar-refractivity contribution is -0.139. The third-order valence-corrected chi connectivity index (χ3v) is 3.68. The standard InChI is InChI=1S/C20H23NO6/c1-4-25-17-11-6-14(12-18(17)26-5-2)20(24)21(3)15-7-9-16(10-8-15)27-13-19(22)23/h6-12H,4-5,13H2,1-3H3,(H,22,23). The Morgan fingerprint density at radius 3 is 2.15 bits per heavy atom. The van der Waals surface area contributed by atoms with Crippen molar-refractivity contribution in [2.24, 2.45) is 0 Å². The predicted octanol–water partition coefficient (Wildman–Crippen LogP) is 3.22. The smallest absolute Gasteiger partial charge is 0.341 e. The Labute approximate surface area is 158 Å². The van der Waals surface area contributed by atoms with Crippen molar-refractivity contribution in [1.29, 1.82) is 0 Å². The van der Waals surface area contributed by atoms with Crippen molar-refractivity contribution in [3.05, 3.63) is 48.0 Å². The normalized spacial score (nSPS) is 10.2. The molecule has 7 heteroatoms. The highest BCUT2D eigenvalue weighted by atomic mass is 16.5. The summed E-state index contributed by atoms with van der Waals surface area (Å²) >= 11 is 0. The molecule has 0 atom stereocenters. The summed E-state index contributed by atoms with van der Waals surface area (Å²) in [6, 6.07) is 11.7. The Kier molecular flexibility index (Phi) is 7.05. The number of carboxylic acid groups (broad SMARTS) is 1. The van der Waals surface area contributed by atoms with Gasteiger partial charge in [0.05, 0.1) is 13.2 Å². The molecular weight excluding hydrogens is 350 g/mol. The van der Waals surface area contributed by atoms with Crippen LogP contribution in [0.4, 0.5) is 5.69 Å². The number of carboxylic acids is 1. The molecule has 1 N–H and O–H groups in total. The fraction of sp³-hybridized carbons (Fsp3) is 0.300. The van der Waals surface area contributed by atoms with Gasteiger partial charge in [-0.3, -0.25) is 4.79 Å². The minimum absolute atomic E-state index is 0.210. The molecule has 0 unspecified atom stereocenters. The van der Waals surface area contributed by atoms with Crippen LogP contribution in [0.25, 0.3) is 0 Å². The van der Waals surface area contributed by atoms with Crippen LogP contribution < -0.4 is 19.1 Å². The van der Waals surface area contributed by atoms with E-state index in [2.05, 4.69) is 0 Å². The van der Waals surface area contributed by atoms with Crippen LogP contribution in [0.2, 0.25) is 0 Å². The van der Waals surface area contributed by atoms with Gasteiger partial charge in [0.25, 0.3) is 5.91 Å². The second-order valence-corrected chi connectivity index (χ2v) is 5.57. The van der Waals surface area contributed by atoms with E-state index in [0.717, 1.165) is 0 Å². The number of aliphatic carboxylic acids is 1. The summed E-state index contributed by atoms with van der Waals surface area (Å²) in [5, 5.41) is 8.63. The largest absolute Gasteiger partial charge is 0.490 e. The van der Waals surface area contributed by atoms with Gasteiger partial charge in [-0.15, -0.1) is 0 Å². The molecule has 0 saturated carbocycles. The highest BCUT2D eigenvalue weighted by Crippen LogP contribution is 2.29. The summed E-state index contributed by atoms with van der Waals surface area (Å²) in [6.07, 6.45) is 0. The Morgan fingerprint density at radius 2 is 1.56 bits per heavy atom. The third kappa shape index (κ3) is 5.37. The molecule has 0 radical (unpaired) electrons. The van der Waals surface area contributed by atoms with Crippen molar-refractivity contribution in [1.82, 2.24) is 0 Å². The summed E-state index contributed by atoms with van der Waals surface area (Å²) in [5.41, 5.74) is 1.12. The highest BCUT2D eigenvalue weighted by Gasteiger charge is 2.16. The van der Waals surface area contributed by atoms with E-state index in [-0.39, 0.29) is 5.91 Å². The van der Waals surface area contributed by atoms with Gasteiger partial charge in [0.15, 0.2) is 18.1 Å². The van der Waals surface area contributed by atoms with E-state index in [1.165, 1.54) is 4.90 Å². The van der Waals surface area contributed by atoms with Crippen LogP contribution >= 0.6 is 0 Å². The molecule has 0 aliphatic carbocycles. The Bertz CT molecular complexity index is 788. The first-order valence-electron chi connectivity index (χ1n) is 8.58. The van der Waals surface area contributed by atoms with E-state index in [1.807, 2.05) is 13.8 Å². The monoisotopic (exact) mass is 373 g/mol. The van der Waals surface area contributed by atoms with Crippen LogP contribution in [0, 0.1) is 0 Å². The number of ether oxygens (including phenoxy) is 3. The molecule has 144 valence electrons. The zero-order valence-electron chi connectivity index (χ0n) is 15.6. The quantitative estimate of drug-likeness (QED) is 0.726. The van der Waals surface area contributed by atoms with Gasteiger partial charge in [0.1, 0.15) is 5.75 Å². The fourth-order valence-electron chi connectivity index (χ4n) is 2.41. The van der Waals surface area contributed by atoms with E-state index in [0.29, 0.717) is 41.7 Å². The van der Waals surface area contributed by atoms with Crippen LogP contribution in [0.15, 0.2) is 42.5 Å². The van der Waals surface area contributed by atoms with E-state index >= 15 is 0 Å². The highest BCUT2D eigenvalue weighted by molar-refractivity contribution is 6.06. The number of hydrogen-bond acceptors (Lipinski definition) is 5. The molecule has 1 amide bonds. The first-order valence-corrected chi connectivity index (χ1v) is 8.58. The Morgan fingerprint density at radius 1 is 0.926 bits per heavy atom. The Balaban J connectivity index is 2.16. The number of anilines is 1. The molecule has 0 heterocycles. The molecule has 0 aliphatic heterocycles. The summed E-state index contributed by atoms with van der Waals surface area (Å²) in [5.74, 6) is 0.279. The van der Waals surface area contributed by atoms with E-state index in [9.17, 15) is 9.59 Å². The van der Waals surface area contributed by atoms with Crippen LogP contribution in [-0.4, -0.2) is 43.9 Å². The van der Waals surface area contributed by atoms with Gasteiger partial charge in [-0.25, -0.2) is 4.79 Å². The number of carbonyl (C=O) groups is 2. The van der Waals surface area contributed by atoms with E-state index in [1.54, 1.807) is 49.5 Å². The van der Waals surface area contributed by atoms with Gasteiger partial charge in [-0.1, -0.05) is 0 Å². The van der Waals surface area contributed by atoms with Crippen molar-refractivity contribution in [2.75, 3.05) is 31.8 Å². The molecule has 7 nitrogen and oxygen atoms in total. The van der Waals surface area contributed by atoms with Gasteiger partial charge >= 0.3 is 5.97 Å². The lowest BCUT2D eigenvalue weighted by Crippen LogP contribution is -2.26. The number of carbonyl (C=O) groups excluding carboxylic acids is 1. The van der Waals surface area contributed by atoms with E-state index < -0.39 is 12.6 Å². The maximum absolute atomic E-state index is 12.8. The van der Waals surface area contributed by atoms with Gasteiger partial charge in [0, 0.05) is 18.3 Å². The molecule has 0 spiro atoms. The summed E-state index contributed by atoms with van der Waals surface area (Å²) in [4.78, 5) is 24.8. The first kappa shape index (κ1) is 20.1. The Hall–Kier alpha value is -3.22. The van der Waals surface area contributed by atoms with Crippen molar-refractivity contribution in [2.45, 2.75) is 13.8 Å². The molecule has 0 bridgehead atoms. The second-order valence-electron chi connectivity index (χ2n) is 5.57. The summed E-state index contributed by atoms with van der Waals surface area (Å²) in [7, 11) is 1.66. The SMILES string of the molecule is CCOc1ccc(C(=O)N(C)c2ccc(OCC(=O)O)cc2)cc1OCC. The lowest BCUT2D eigenvalue weighted by atomic mass is 10.1. The molecule has 0 aliphatic rings. The van der Waals surface area contributed by atoms with Crippen molar-refractivity contribution in [3.63, 3.8) is 0 Å². The zero-order chi connectivity index (χ0) is 19.8. The van der Waals surface area contributed by atoms with Crippen LogP contribution in [-0.2, 0) is 4.79 Å². The first-order chi connectivity index (χ1) is 13.0. The van der Waals surface area contributed by atoms with Crippen molar-refractivity contribution < 1.29 is 28.9 Å². The van der Waals surface area contributed by atoms with Crippen LogP contribution in [0.3, 0.4) is 0 Å². The maximum Gasteiger partial charge on any atom is 0.341 e. The number of amides is 1. The number of benzene rings is 2. The summed E-state index contributed by atoms with van der Waals surface area (Å²) in [6.45, 7) is 4.30. The minimum atomic E-state index is -1.05. The predicted molar refractivity (Wildman–Crippen MR) is 101 cm³/mol. The molecule has 2 aromatic carbocycles. The lowest BCUT2D eigenvalue weighted by Gasteiger charge is -2.19. The van der Waals surface area contributed by atoms with Gasteiger partial charge < -0.3 is 24.2 Å². The maximum atomic E-state index is 12.8. The third-order valence-electron chi connectivity index (χ3n) is 3.68. The molecule has 0 aromatic heterocycles. The summed E-state index contributed by atoms with van der Waals surface area (Å²) < 4.78 is 16.2. The fourth-order valence-corrected chi connectivity index (χ4v) is 2.41. The van der Waals surface area contributed by atoms with Crippen molar-refractivity contribution in [3.8, 4) is 17.2 Å². The minimum Gasteiger partial charge on any atom is -0.490 e. The number of nitrogens with zero attached hydrogens (tertiary/aromatic N) is 1. The average molecular weight is 373 g/mol. The second kappa shape index (κ2) is 9.47. The number of rotatable bonds is 9. The van der Waals surface area contributed by atoms with Gasteiger partial charge in [0.2, 0.25) is 0 Å². The zero-order valence-corrected chi connectivity index (χ0v) is 15.6. The number of hydrogen-bond donors (Lipinski definition) is 1. The molecule has 0 fully saturated rings. The molecule has 27 heavy (non-hydrogen) atoms. The van der Waals surface area contributed by atoms with Crippen LogP contribution in [0.5, 0.6) is 17.2 Å². The van der Waals surface area contributed by atoms with Gasteiger partial charge in [-0.2, -0.15) is 0 Å². The molecule has 0 saturated heterocycles. The average Bonchev–Trinajstić information content (AvgIpc) is 2.67. The molecular formula is C20H23NO6. The van der Waals surface area contributed by atoms with Crippen molar-refractivity contribution >= 4 is 17.6 Å². The van der Waals surface area contributed by atoms with Crippen LogP contribution in [0.1, 0.15) is 24.2 Å². The molecule has 2 aromatic rings. The van der Waals surface area contributed by atoms with E-state index in [4.69, 9.17) is 19.3 Å².